The lowest BCUT2D eigenvalue weighted by Gasteiger charge is -2.36. The van der Waals surface area contributed by atoms with Crippen molar-refractivity contribution in [2.24, 2.45) is 11.5 Å². The number of nitrogens with two attached hydrogens (primary N) is 2. The molecule has 6 N–H and O–H groups in total. The standard InChI is InChI=1S/C32H36N6O2/c33-11-10-30(39)37-12-14-38(15-13-37)32(40)29(18-22-4-3-7-27(16-22)31(34)35)36-21-23-8-9-26-19-24-5-1-2-6-25(24)20-28(26)17-23/h1-9,16-17,19-20,29,36H,10-15,18,21,33H2,(H3,34,35)/t29-/m0/s1. The number of nitrogens with zero attached hydrogens (tertiary/aromatic N) is 2. The largest absolute Gasteiger partial charge is 0.384 e. The third-order valence-electron chi connectivity index (χ3n) is 7.60. The van der Waals surface area contributed by atoms with Gasteiger partial charge in [-0.1, -0.05) is 54.6 Å². The second kappa shape index (κ2) is 12.3. The summed E-state index contributed by atoms with van der Waals surface area (Å²) in [7, 11) is 0. The molecule has 8 nitrogen and oxygen atoms in total. The molecule has 0 bridgehead atoms. The Morgan fingerprint density at radius 1 is 0.800 bits per heavy atom. The Bertz CT molecular complexity index is 1540. The van der Waals surface area contributed by atoms with Crippen LogP contribution in [0.25, 0.3) is 21.5 Å². The van der Waals surface area contributed by atoms with Crippen LogP contribution in [0.4, 0.5) is 0 Å². The van der Waals surface area contributed by atoms with Crippen LogP contribution in [-0.4, -0.2) is 66.2 Å². The molecule has 1 heterocycles. The minimum absolute atomic E-state index is 0.000332. The zero-order valence-electron chi connectivity index (χ0n) is 22.6. The summed E-state index contributed by atoms with van der Waals surface area (Å²) in [5.74, 6) is 0.0416. The number of carbonyl (C=O) groups is 2. The minimum Gasteiger partial charge on any atom is -0.384 e. The third kappa shape index (κ3) is 6.30. The van der Waals surface area contributed by atoms with E-state index >= 15 is 0 Å². The highest BCUT2D eigenvalue weighted by molar-refractivity contribution is 5.98. The van der Waals surface area contributed by atoms with Gasteiger partial charge in [0.05, 0.1) is 6.04 Å². The molecule has 40 heavy (non-hydrogen) atoms. The van der Waals surface area contributed by atoms with Gasteiger partial charge in [0.1, 0.15) is 5.84 Å². The average molecular weight is 537 g/mol. The van der Waals surface area contributed by atoms with Crippen LogP contribution in [0.15, 0.2) is 78.9 Å². The Hall–Kier alpha value is -4.27. The smallest absolute Gasteiger partial charge is 0.240 e. The monoisotopic (exact) mass is 536 g/mol. The summed E-state index contributed by atoms with van der Waals surface area (Å²) >= 11 is 0. The molecule has 0 unspecified atom stereocenters. The average Bonchev–Trinajstić information content (AvgIpc) is 2.98. The van der Waals surface area contributed by atoms with Crippen LogP contribution in [0.1, 0.15) is 23.1 Å². The summed E-state index contributed by atoms with van der Waals surface area (Å²) in [5.41, 5.74) is 13.9. The number of amidine groups is 1. The van der Waals surface area contributed by atoms with Gasteiger partial charge in [0, 0.05) is 51.3 Å². The lowest BCUT2D eigenvalue weighted by Crippen LogP contribution is -2.55. The topological polar surface area (TPSA) is 129 Å². The van der Waals surface area contributed by atoms with E-state index in [2.05, 4.69) is 47.8 Å². The predicted octanol–water partition coefficient (Wildman–Crippen LogP) is 3.00. The van der Waals surface area contributed by atoms with Crippen molar-refractivity contribution in [2.75, 3.05) is 32.7 Å². The van der Waals surface area contributed by atoms with Gasteiger partial charge in [-0.25, -0.2) is 0 Å². The summed E-state index contributed by atoms with van der Waals surface area (Å²) in [6.07, 6.45) is 0.788. The Balaban J connectivity index is 1.34. The van der Waals surface area contributed by atoms with Gasteiger partial charge in [-0.3, -0.25) is 15.0 Å². The molecular formula is C32H36N6O2. The first-order chi connectivity index (χ1) is 19.4. The van der Waals surface area contributed by atoms with Crippen LogP contribution in [0, 0.1) is 5.41 Å². The molecule has 5 rings (SSSR count). The van der Waals surface area contributed by atoms with Gasteiger partial charge in [-0.05, 0) is 63.4 Å². The highest BCUT2D eigenvalue weighted by Gasteiger charge is 2.29. The molecule has 1 atom stereocenters. The zero-order valence-corrected chi connectivity index (χ0v) is 22.6. The highest BCUT2D eigenvalue weighted by atomic mass is 16.2. The molecule has 8 heteroatoms. The van der Waals surface area contributed by atoms with Crippen molar-refractivity contribution in [3.63, 3.8) is 0 Å². The first kappa shape index (κ1) is 27.3. The highest BCUT2D eigenvalue weighted by Crippen LogP contribution is 2.24. The number of carbonyl (C=O) groups excluding carboxylic acids is 2. The summed E-state index contributed by atoms with van der Waals surface area (Å²) in [6.45, 7) is 2.86. The van der Waals surface area contributed by atoms with Crippen molar-refractivity contribution in [3.8, 4) is 0 Å². The molecule has 0 spiro atoms. The normalized spacial score (nSPS) is 14.4. The molecule has 1 aliphatic rings. The molecule has 0 radical (unpaired) electrons. The van der Waals surface area contributed by atoms with E-state index < -0.39 is 6.04 Å². The van der Waals surface area contributed by atoms with Crippen LogP contribution in [0.5, 0.6) is 0 Å². The fraction of sp³-hybridized carbons (Fsp3) is 0.281. The maximum Gasteiger partial charge on any atom is 0.240 e. The van der Waals surface area contributed by atoms with Crippen LogP contribution in [0.3, 0.4) is 0 Å². The minimum atomic E-state index is -0.471. The maximum absolute atomic E-state index is 13.8. The predicted molar refractivity (Wildman–Crippen MR) is 160 cm³/mol. The summed E-state index contributed by atoms with van der Waals surface area (Å²) in [6, 6.07) is 26.2. The first-order valence-corrected chi connectivity index (χ1v) is 13.8. The van der Waals surface area contributed by atoms with Crippen LogP contribution in [-0.2, 0) is 22.6 Å². The number of benzene rings is 4. The Morgan fingerprint density at radius 2 is 1.48 bits per heavy atom. The second-order valence-corrected chi connectivity index (χ2v) is 10.4. The first-order valence-electron chi connectivity index (χ1n) is 13.8. The van der Waals surface area contributed by atoms with Crippen molar-refractivity contribution in [1.29, 1.82) is 5.41 Å². The molecule has 1 aliphatic heterocycles. The fourth-order valence-electron chi connectivity index (χ4n) is 5.37. The van der Waals surface area contributed by atoms with Gasteiger partial charge in [0.15, 0.2) is 0 Å². The van der Waals surface area contributed by atoms with Crippen LogP contribution >= 0.6 is 0 Å². The van der Waals surface area contributed by atoms with E-state index in [0.717, 1.165) is 16.5 Å². The Kier molecular flexibility index (Phi) is 8.38. The van der Waals surface area contributed by atoms with Crippen molar-refractivity contribution >= 4 is 39.2 Å². The fourth-order valence-corrected chi connectivity index (χ4v) is 5.37. The molecule has 4 aromatic carbocycles. The third-order valence-corrected chi connectivity index (χ3v) is 7.60. The Labute approximate surface area is 234 Å². The van der Waals surface area contributed by atoms with E-state index in [0.29, 0.717) is 57.7 Å². The number of hydrogen-bond donors (Lipinski definition) is 4. The number of nitrogens with one attached hydrogen (secondary N) is 2. The van der Waals surface area contributed by atoms with E-state index in [1.165, 1.54) is 16.2 Å². The molecule has 4 aromatic rings. The van der Waals surface area contributed by atoms with Gasteiger partial charge in [0.25, 0.3) is 0 Å². The lowest BCUT2D eigenvalue weighted by molar-refractivity contribution is -0.140. The molecule has 0 aliphatic carbocycles. The van der Waals surface area contributed by atoms with Crippen molar-refractivity contribution in [1.82, 2.24) is 15.1 Å². The number of piperazine rings is 1. The molecule has 1 fully saturated rings. The SMILES string of the molecule is N=C(N)c1cccc(C[C@H](NCc2ccc3cc4ccccc4cc3c2)C(=O)N2CCN(C(=O)CCN)CC2)c1. The van der Waals surface area contributed by atoms with Crippen LogP contribution < -0.4 is 16.8 Å². The molecule has 0 aromatic heterocycles. The number of nitrogen functional groups attached to an aromatic ring is 1. The summed E-state index contributed by atoms with van der Waals surface area (Å²) < 4.78 is 0. The molecule has 206 valence electrons. The zero-order chi connectivity index (χ0) is 28.1. The van der Waals surface area contributed by atoms with Crippen molar-refractivity contribution in [2.45, 2.75) is 25.4 Å². The van der Waals surface area contributed by atoms with E-state index in [1.807, 2.05) is 35.2 Å². The van der Waals surface area contributed by atoms with Gasteiger partial charge < -0.3 is 26.6 Å². The lowest BCUT2D eigenvalue weighted by atomic mass is 10.00. The number of fused-ring (bicyclic) bond motifs is 2. The summed E-state index contributed by atoms with van der Waals surface area (Å²) in [4.78, 5) is 29.7. The van der Waals surface area contributed by atoms with Gasteiger partial charge in [-0.15, -0.1) is 0 Å². The van der Waals surface area contributed by atoms with Gasteiger partial charge >= 0.3 is 0 Å². The van der Waals surface area contributed by atoms with Gasteiger partial charge in [0.2, 0.25) is 11.8 Å². The van der Waals surface area contributed by atoms with E-state index in [4.69, 9.17) is 16.9 Å². The Morgan fingerprint density at radius 3 is 2.17 bits per heavy atom. The number of amides is 2. The van der Waals surface area contributed by atoms with E-state index in [-0.39, 0.29) is 17.6 Å². The van der Waals surface area contributed by atoms with Crippen molar-refractivity contribution < 1.29 is 9.59 Å². The molecule has 1 saturated heterocycles. The van der Waals surface area contributed by atoms with Crippen LogP contribution in [0.2, 0.25) is 0 Å². The molecular weight excluding hydrogens is 500 g/mol. The van der Waals surface area contributed by atoms with Gasteiger partial charge in [-0.2, -0.15) is 0 Å². The van der Waals surface area contributed by atoms with E-state index in [9.17, 15) is 9.59 Å². The number of hydrogen-bond acceptors (Lipinski definition) is 5. The van der Waals surface area contributed by atoms with E-state index in [1.54, 1.807) is 11.0 Å². The molecule has 0 saturated carbocycles. The summed E-state index contributed by atoms with van der Waals surface area (Å²) in [5, 5.41) is 16.1. The maximum atomic E-state index is 13.8. The number of rotatable bonds is 9. The molecule has 2 amide bonds. The second-order valence-electron chi connectivity index (χ2n) is 10.4. The van der Waals surface area contributed by atoms with Crippen molar-refractivity contribution in [3.05, 3.63) is 95.6 Å². The quantitative estimate of drug-likeness (QED) is 0.149.